The van der Waals surface area contributed by atoms with Crippen molar-refractivity contribution >= 4 is 5.78 Å². The van der Waals surface area contributed by atoms with Gasteiger partial charge < -0.3 is 9.47 Å². The fourth-order valence-electron chi connectivity index (χ4n) is 3.30. The third kappa shape index (κ3) is 5.69. The molecule has 0 amide bonds. The van der Waals surface area contributed by atoms with Crippen molar-refractivity contribution in [1.29, 1.82) is 0 Å². The predicted molar refractivity (Wildman–Crippen MR) is 119 cm³/mol. The first-order chi connectivity index (χ1) is 14.4. The lowest BCUT2D eigenvalue weighted by atomic mass is 9.95. The van der Waals surface area contributed by atoms with Gasteiger partial charge in [-0.3, -0.25) is 4.79 Å². The van der Waals surface area contributed by atoms with E-state index in [1.54, 1.807) is 6.20 Å². The molecule has 0 spiro atoms. The van der Waals surface area contributed by atoms with Crippen LogP contribution >= 0.6 is 0 Å². The van der Waals surface area contributed by atoms with E-state index in [1.165, 1.54) is 0 Å². The summed E-state index contributed by atoms with van der Waals surface area (Å²) in [5.41, 5.74) is 4.93. The van der Waals surface area contributed by atoms with Crippen LogP contribution in [-0.4, -0.2) is 10.8 Å². The van der Waals surface area contributed by atoms with Gasteiger partial charge in [-0.15, -0.1) is 0 Å². The summed E-state index contributed by atoms with van der Waals surface area (Å²) in [5, 5.41) is 0. The van der Waals surface area contributed by atoms with Gasteiger partial charge in [-0.1, -0.05) is 38.1 Å². The molecular formula is C26H29NO3. The van der Waals surface area contributed by atoms with Crippen LogP contribution in [0.1, 0.15) is 52.9 Å². The zero-order valence-electron chi connectivity index (χ0n) is 18.1. The van der Waals surface area contributed by atoms with Crippen molar-refractivity contribution in [2.75, 3.05) is 0 Å². The van der Waals surface area contributed by atoms with Gasteiger partial charge in [-0.2, -0.15) is 0 Å². The SMILES string of the molecule is Cc1c(OCc2cccc(COc3ccccn3)c2)ccc(C(=O)CC(C)C)c1C. The highest BCUT2D eigenvalue weighted by Gasteiger charge is 2.15. The number of nitrogens with zero attached hydrogens (tertiary/aromatic N) is 1. The van der Waals surface area contributed by atoms with Crippen molar-refractivity contribution in [1.82, 2.24) is 4.98 Å². The second-order valence-corrected chi connectivity index (χ2v) is 7.95. The zero-order chi connectivity index (χ0) is 21.5. The summed E-state index contributed by atoms with van der Waals surface area (Å²) in [7, 11) is 0. The molecule has 4 nitrogen and oxygen atoms in total. The Labute approximate surface area is 178 Å². The highest BCUT2D eigenvalue weighted by atomic mass is 16.5. The van der Waals surface area contributed by atoms with E-state index >= 15 is 0 Å². The first-order valence-electron chi connectivity index (χ1n) is 10.3. The molecule has 30 heavy (non-hydrogen) atoms. The van der Waals surface area contributed by atoms with Gasteiger partial charge in [-0.25, -0.2) is 4.98 Å². The predicted octanol–water partition coefficient (Wildman–Crippen LogP) is 6.09. The van der Waals surface area contributed by atoms with E-state index < -0.39 is 0 Å². The summed E-state index contributed by atoms with van der Waals surface area (Å²) >= 11 is 0. The Bertz CT molecular complexity index is 996. The molecule has 3 aromatic rings. The Morgan fingerprint density at radius 1 is 0.900 bits per heavy atom. The van der Waals surface area contributed by atoms with Crippen LogP contribution in [0.2, 0.25) is 0 Å². The fourth-order valence-corrected chi connectivity index (χ4v) is 3.30. The molecule has 1 aromatic heterocycles. The number of pyridine rings is 1. The molecule has 0 unspecified atom stereocenters. The van der Waals surface area contributed by atoms with Gasteiger partial charge in [0, 0.05) is 24.2 Å². The van der Waals surface area contributed by atoms with Crippen LogP contribution in [0.15, 0.2) is 60.8 Å². The minimum atomic E-state index is 0.192. The Morgan fingerprint density at radius 3 is 2.30 bits per heavy atom. The van der Waals surface area contributed by atoms with Crippen molar-refractivity contribution < 1.29 is 14.3 Å². The van der Waals surface area contributed by atoms with E-state index in [1.807, 2.05) is 62.4 Å². The summed E-state index contributed by atoms with van der Waals surface area (Å²) in [6.07, 6.45) is 2.28. The molecule has 0 saturated carbocycles. The largest absolute Gasteiger partial charge is 0.489 e. The minimum absolute atomic E-state index is 0.192. The van der Waals surface area contributed by atoms with E-state index in [2.05, 4.69) is 24.9 Å². The van der Waals surface area contributed by atoms with Crippen molar-refractivity contribution in [2.45, 2.75) is 47.3 Å². The third-order valence-electron chi connectivity index (χ3n) is 5.04. The van der Waals surface area contributed by atoms with Gasteiger partial charge in [0.2, 0.25) is 5.88 Å². The lowest BCUT2D eigenvalue weighted by molar-refractivity contribution is 0.0967. The lowest BCUT2D eigenvalue weighted by Gasteiger charge is -2.15. The molecule has 3 rings (SSSR count). The van der Waals surface area contributed by atoms with Gasteiger partial charge >= 0.3 is 0 Å². The summed E-state index contributed by atoms with van der Waals surface area (Å²) in [6, 6.07) is 17.5. The van der Waals surface area contributed by atoms with Gasteiger partial charge in [-0.05, 0) is 66.3 Å². The molecular weight excluding hydrogens is 374 g/mol. The second-order valence-electron chi connectivity index (χ2n) is 7.95. The van der Waals surface area contributed by atoms with E-state index in [-0.39, 0.29) is 5.78 Å². The van der Waals surface area contributed by atoms with E-state index in [9.17, 15) is 4.79 Å². The number of ether oxygens (including phenoxy) is 2. The number of benzene rings is 2. The average Bonchev–Trinajstić information content (AvgIpc) is 2.74. The Hall–Kier alpha value is -3.14. The Kier molecular flexibility index (Phi) is 7.23. The maximum Gasteiger partial charge on any atom is 0.213 e. The zero-order valence-corrected chi connectivity index (χ0v) is 18.1. The number of rotatable bonds is 9. The highest BCUT2D eigenvalue weighted by molar-refractivity contribution is 5.98. The summed E-state index contributed by atoms with van der Waals surface area (Å²) < 4.78 is 11.8. The van der Waals surface area contributed by atoms with Crippen LogP contribution in [-0.2, 0) is 13.2 Å². The molecule has 0 saturated heterocycles. The standard InChI is InChI=1S/C26H29NO3/c1-18(2)14-24(28)23-11-12-25(20(4)19(23)3)29-16-21-8-7-9-22(15-21)17-30-26-10-5-6-13-27-26/h5-13,15,18H,14,16-17H2,1-4H3. The molecule has 156 valence electrons. The van der Waals surface area contributed by atoms with E-state index in [0.29, 0.717) is 31.4 Å². The molecule has 2 aromatic carbocycles. The smallest absolute Gasteiger partial charge is 0.213 e. The highest BCUT2D eigenvalue weighted by Crippen LogP contribution is 2.26. The topological polar surface area (TPSA) is 48.4 Å². The number of ketones is 1. The summed E-state index contributed by atoms with van der Waals surface area (Å²) in [4.78, 5) is 16.6. The first kappa shape index (κ1) is 21.6. The average molecular weight is 404 g/mol. The molecule has 0 radical (unpaired) electrons. The van der Waals surface area contributed by atoms with Crippen molar-refractivity contribution in [3.8, 4) is 11.6 Å². The van der Waals surface area contributed by atoms with E-state index in [4.69, 9.17) is 9.47 Å². The monoisotopic (exact) mass is 403 g/mol. The van der Waals surface area contributed by atoms with Crippen LogP contribution in [0.3, 0.4) is 0 Å². The normalized spacial score (nSPS) is 10.8. The first-order valence-corrected chi connectivity index (χ1v) is 10.3. The quantitative estimate of drug-likeness (QED) is 0.406. The fraction of sp³-hybridized carbons (Fsp3) is 0.308. The van der Waals surface area contributed by atoms with Gasteiger partial charge in [0.15, 0.2) is 5.78 Å². The molecule has 0 atom stereocenters. The van der Waals surface area contributed by atoms with Gasteiger partial charge in [0.25, 0.3) is 0 Å². The van der Waals surface area contributed by atoms with Crippen molar-refractivity contribution in [3.05, 3.63) is 88.6 Å². The third-order valence-corrected chi connectivity index (χ3v) is 5.04. The molecule has 0 aliphatic heterocycles. The van der Waals surface area contributed by atoms with Crippen LogP contribution < -0.4 is 9.47 Å². The molecule has 0 aliphatic rings. The molecule has 0 aliphatic carbocycles. The number of aromatic nitrogens is 1. The molecule has 1 heterocycles. The molecule has 0 fully saturated rings. The van der Waals surface area contributed by atoms with Crippen LogP contribution in [0.4, 0.5) is 0 Å². The van der Waals surface area contributed by atoms with Crippen molar-refractivity contribution in [2.24, 2.45) is 5.92 Å². The molecule has 0 bridgehead atoms. The number of hydrogen-bond donors (Lipinski definition) is 0. The van der Waals surface area contributed by atoms with Crippen molar-refractivity contribution in [3.63, 3.8) is 0 Å². The van der Waals surface area contributed by atoms with Gasteiger partial charge in [0.1, 0.15) is 19.0 Å². The summed E-state index contributed by atoms with van der Waals surface area (Å²) in [5.74, 6) is 1.96. The van der Waals surface area contributed by atoms with Crippen LogP contribution in [0.25, 0.3) is 0 Å². The number of Topliss-reactive ketones (excluding diaryl/α,β-unsaturated/α-hetero) is 1. The minimum Gasteiger partial charge on any atom is -0.489 e. The Balaban J connectivity index is 1.64. The Morgan fingerprint density at radius 2 is 1.63 bits per heavy atom. The maximum absolute atomic E-state index is 12.5. The van der Waals surface area contributed by atoms with Crippen LogP contribution in [0.5, 0.6) is 11.6 Å². The maximum atomic E-state index is 12.5. The van der Waals surface area contributed by atoms with Crippen LogP contribution in [0, 0.1) is 19.8 Å². The number of carbonyl (C=O) groups is 1. The van der Waals surface area contributed by atoms with Gasteiger partial charge in [0.05, 0.1) is 0 Å². The lowest BCUT2D eigenvalue weighted by Crippen LogP contribution is -2.07. The molecule has 0 N–H and O–H groups in total. The molecule has 4 heteroatoms. The van der Waals surface area contributed by atoms with E-state index in [0.717, 1.165) is 33.6 Å². The number of carbonyl (C=O) groups excluding carboxylic acids is 1. The summed E-state index contributed by atoms with van der Waals surface area (Å²) in [6.45, 7) is 9.03. The number of hydrogen-bond acceptors (Lipinski definition) is 4. The second kappa shape index (κ2) is 10.1.